The summed E-state index contributed by atoms with van der Waals surface area (Å²) in [5.74, 6) is -2.33. The molecule has 0 saturated heterocycles. The zero-order chi connectivity index (χ0) is 15.3. The van der Waals surface area contributed by atoms with Crippen molar-refractivity contribution in [2.45, 2.75) is 11.0 Å². The standard InChI is InChI=1S/C11H11FN2O5S/c1-19-9(11(15)16)6-14-20(17,18)10-4-2-3-8(12)7(10)5-13/h2-4,9,14H,6H2,1H3,(H,15,16). The molecule has 0 fully saturated rings. The summed E-state index contributed by atoms with van der Waals surface area (Å²) in [7, 11) is -3.11. The number of rotatable bonds is 6. The summed E-state index contributed by atoms with van der Waals surface area (Å²) in [6, 6.07) is 4.59. The number of halogens is 1. The average molecular weight is 302 g/mol. The monoisotopic (exact) mass is 302 g/mol. The average Bonchev–Trinajstić information content (AvgIpc) is 2.38. The summed E-state index contributed by atoms with van der Waals surface area (Å²) in [6.45, 7) is -0.546. The van der Waals surface area contributed by atoms with Crippen LogP contribution in [-0.2, 0) is 19.6 Å². The van der Waals surface area contributed by atoms with Gasteiger partial charge in [-0.05, 0) is 12.1 Å². The van der Waals surface area contributed by atoms with E-state index >= 15 is 0 Å². The SMILES string of the molecule is COC(CNS(=O)(=O)c1cccc(F)c1C#N)C(=O)O. The number of benzene rings is 1. The number of ether oxygens (including phenoxy) is 1. The lowest BCUT2D eigenvalue weighted by atomic mass is 10.2. The van der Waals surface area contributed by atoms with Crippen LogP contribution in [0.15, 0.2) is 23.1 Å². The molecule has 1 rings (SSSR count). The van der Waals surface area contributed by atoms with E-state index in [0.29, 0.717) is 0 Å². The number of nitrogens with one attached hydrogen (secondary N) is 1. The van der Waals surface area contributed by atoms with E-state index in [-0.39, 0.29) is 0 Å². The van der Waals surface area contributed by atoms with E-state index in [2.05, 4.69) is 4.74 Å². The number of methoxy groups -OCH3 is 1. The maximum atomic E-state index is 13.3. The van der Waals surface area contributed by atoms with Crippen LogP contribution in [0, 0.1) is 17.1 Å². The largest absolute Gasteiger partial charge is 0.479 e. The molecule has 0 aliphatic heterocycles. The molecule has 1 aromatic rings. The molecule has 0 spiro atoms. The van der Waals surface area contributed by atoms with Crippen molar-refractivity contribution in [1.82, 2.24) is 4.72 Å². The summed E-state index contributed by atoms with van der Waals surface area (Å²) < 4.78 is 43.7. The molecule has 0 bridgehead atoms. The molecule has 2 N–H and O–H groups in total. The lowest BCUT2D eigenvalue weighted by Crippen LogP contribution is -2.38. The molecule has 1 unspecified atom stereocenters. The summed E-state index contributed by atoms with van der Waals surface area (Å²) in [5, 5.41) is 17.5. The van der Waals surface area contributed by atoms with Gasteiger partial charge in [0, 0.05) is 13.7 Å². The van der Waals surface area contributed by atoms with Crippen molar-refractivity contribution < 1.29 is 27.4 Å². The van der Waals surface area contributed by atoms with Crippen molar-refractivity contribution in [1.29, 1.82) is 5.26 Å². The molecule has 0 saturated carbocycles. The second-order valence-corrected chi connectivity index (χ2v) is 5.37. The van der Waals surface area contributed by atoms with Gasteiger partial charge in [0.15, 0.2) is 6.10 Å². The topological polar surface area (TPSA) is 116 Å². The van der Waals surface area contributed by atoms with Gasteiger partial charge < -0.3 is 9.84 Å². The van der Waals surface area contributed by atoms with Crippen LogP contribution in [-0.4, -0.2) is 39.3 Å². The molecule has 1 atom stereocenters. The maximum absolute atomic E-state index is 13.3. The highest BCUT2D eigenvalue weighted by molar-refractivity contribution is 7.89. The van der Waals surface area contributed by atoms with E-state index in [1.165, 1.54) is 6.07 Å². The minimum Gasteiger partial charge on any atom is -0.479 e. The summed E-state index contributed by atoms with van der Waals surface area (Å²) in [5.41, 5.74) is -0.635. The molecule has 0 heterocycles. The molecule has 0 aromatic heterocycles. The first-order valence-corrected chi connectivity index (χ1v) is 6.75. The Kier molecular flexibility index (Phi) is 5.15. The van der Waals surface area contributed by atoms with E-state index in [4.69, 9.17) is 10.4 Å². The van der Waals surface area contributed by atoms with Crippen molar-refractivity contribution in [2.24, 2.45) is 0 Å². The lowest BCUT2D eigenvalue weighted by Gasteiger charge is -2.12. The van der Waals surface area contributed by atoms with E-state index in [1.807, 2.05) is 4.72 Å². The van der Waals surface area contributed by atoms with Crippen LogP contribution < -0.4 is 4.72 Å². The first-order chi connectivity index (χ1) is 9.33. The Bertz CT molecular complexity index is 653. The predicted octanol–water partition coefficient (Wildman–Crippen LogP) is 0.0753. The van der Waals surface area contributed by atoms with E-state index in [1.54, 1.807) is 0 Å². The highest BCUT2D eigenvalue weighted by Crippen LogP contribution is 2.17. The molecule has 20 heavy (non-hydrogen) atoms. The van der Waals surface area contributed by atoms with Gasteiger partial charge in [-0.15, -0.1) is 0 Å². The Morgan fingerprint density at radius 2 is 2.25 bits per heavy atom. The normalized spacial score (nSPS) is 12.7. The Labute approximate surface area is 114 Å². The predicted molar refractivity (Wildman–Crippen MR) is 64.7 cm³/mol. The van der Waals surface area contributed by atoms with Crippen LogP contribution in [0.5, 0.6) is 0 Å². The summed E-state index contributed by atoms with van der Waals surface area (Å²) in [4.78, 5) is 10.1. The molecule has 0 aliphatic rings. The van der Waals surface area contributed by atoms with Gasteiger partial charge in [-0.2, -0.15) is 5.26 Å². The highest BCUT2D eigenvalue weighted by Gasteiger charge is 2.24. The van der Waals surface area contributed by atoms with E-state index in [9.17, 15) is 17.6 Å². The fourth-order valence-corrected chi connectivity index (χ4v) is 2.57. The molecular weight excluding hydrogens is 291 g/mol. The van der Waals surface area contributed by atoms with Crippen LogP contribution >= 0.6 is 0 Å². The number of sulfonamides is 1. The molecule has 0 aliphatic carbocycles. The Hall–Kier alpha value is -2.02. The summed E-state index contributed by atoms with van der Waals surface area (Å²) in [6.07, 6.45) is -1.39. The van der Waals surface area contributed by atoms with Gasteiger partial charge in [0.05, 0.1) is 0 Å². The minimum absolute atomic E-state index is 0.546. The third kappa shape index (κ3) is 3.51. The number of carboxylic acids is 1. The smallest absolute Gasteiger partial charge is 0.334 e. The van der Waals surface area contributed by atoms with Gasteiger partial charge in [-0.25, -0.2) is 22.3 Å². The molecule has 0 radical (unpaired) electrons. The van der Waals surface area contributed by atoms with Crippen molar-refractivity contribution in [2.75, 3.05) is 13.7 Å². The number of nitrogens with zero attached hydrogens (tertiary/aromatic N) is 1. The number of nitriles is 1. The van der Waals surface area contributed by atoms with Crippen molar-refractivity contribution in [3.63, 3.8) is 0 Å². The van der Waals surface area contributed by atoms with Crippen LogP contribution in [0.2, 0.25) is 0 Å². The number of hydrogen-bond acceptors (Lipinski definition) is 5. The fourth-order valence-electron chi connectivity index (χ4n) is 1.37. The molecule has 7 nitrogen and oxygen atoms in total. The van der Waals surface area contributed by atoms with Gasteiger partial charge >= 0.3 is 5.97 Å². The van der Waals surface area contributed by atoms with E-state index < -0.39 is 44.9 Å². The van der Waals surface area contributed by atoms with Crippen LogP contribution in [0.25, 0.3) is 0 Å². The van der Waals surface area contributed by atoms with Crippen molar-refractivity contribution in [3.05, 3.63) is 29.6 Å². The fraction of sp³-hybridized carbons (Fsp3) is 0.273. The zero-order valence-electron chi connectivity index (χ0n) is 10.3. The Morgan fingerprint density at radius 1 is 1.60 bits per heavy atom. The Morgan fingerprint density at radius 3 is 2.75 bits per heavy atom. The van der Waals surface area contributed by atoms with E-state index in [0.717, 1.165) is 25.3 Å². The number of carbonyl (C=O) groups is 1. The molecular formula is C11H11FN2O5S. The third-order valence-corrected chi connectivity index (χ3v) is 3.86. The van der Waals surface area contributed by atoms with Gasteiger partial charge in [-0.3, -0.25) is 0 Å². The third-order valence-electron chi connectivity index (χ3n) is 2.40. The number of aliphatic carboxylic acids is 1. The molecule has 0 amide bonds. The van der Waals surface area contributed by atoms with Crippen molar-refractivity contribution in [3.8, 4) is 6.07 Å². The molecule has 1 aromatic carbocycles. The Balaban J connectivity index is 3.05. The van der Waals surface area contributed by atoms with Crippen molar-refractivity contribution >= 4 is 16.0 Å². The van der Waals surface area contributed by atoms with Gasteiger partial charge in [0.2, 0.25) is 10.0 Å². The summed E-state index contributed by atoms with van der Waals surface area (Å²) >= 11 is 0. The lowest BCUT2D eigenvalue weighted by molar-refractivity contribution is -0.147. The second kappa shape index (κ2) is 6.42. The van der Waals surface area contributed by atoms with Gasteiger partial charge in [0.25, 0.3) is 0 Å². The zero-order valence-corrected chi connectivity index (χ0v) is 11.1. The minimum atomic E-state index is -4.22. The van der Waals surface area contributed by atoms with Crippen LogP contribution in [0.3, 0.4) is 0 Å². The van der Waals surface area contributed by atoms with Crippen LogP contribution in [0.1, 0.15) is 5.56 Å². The number of hydrogen-bond donors (Lipinski definition) is 2. The quantitative estimate of drug-likeness (QED) is 0.768. The maximum Gasteiger partial charge on any atom is 0.334 e. The first kappa shape index (κ1) is 16.0. The van der Waals surface area contributed by atoms with Gasteiger partial charge in [-0.1, -0.05) is 6.07 Å². The first-order valence-electron chi connectivity index (χ1n) is 5.27. The molecule has 108 valence electrons. The van der Waals surface area contributed by atoms with Gasteiger partial charge in [0.1, 0.15) is 22.3 Å². The molecule has 9 heteroatoms. The second-order valence-electron chi connectivity index (χ2n) is 3.64. The highest BCUT2D eigenvalue weighted by atomic mass is 32.2. The van der Waals surface area contributed by atoms with Crippen LogP contribution in [0.4, 0.5) is 4.39 Å². The number of carboxylic acid groups (broad SMARTS) is 1.